The summed E-state index contributed by atoms with van der Waals surface area (Å²) in [5, 5.41) is 3.70. The van der Waals surface area contributed by atoms with Crippen molar-refractivity contribution in [2.45, 2.75) is 13.0 Å². The molecule has 6 heteroatoms. The van der Waals surface area contributed by atoms with Crippen molar-refractivity contribution in [3.05, 3.63) is 42.2 Å². The van der Waals surface area contributed by atoms with E-state index in [9.17, 15) is 0 Å². The van der Waals surface area contributed by atoms with Gasteiger partial charge < -0.3 is 9.09 Å². The third kappa shape index (κ3) is 1.97. The van der Waals surface area contributed by atoms with Gasteiger partial charge in [-0.2, -0.15) is 0 Å². The number of nitrogens with zero attached hydrogens (tertiary/aromatic N) is 4. The summed E-state index contributed by atoms with van der Waals surface area (Å²) in [7, 11) is 0. The molecule has 3 aromatic heterocycles. The summed E-state index contributed by atoms with van der Waals surface area (Å²) in [5.74, 6) is 2.21. The number of hydrogen-bond donors (Lipinski definition) is 0. The summed E-state index contributed by atoms with van der Waals surface area (Å²) in [6.07, 6.45) is 4.08. The molecule has 0 saturated carbocycles. The fourth-order valence-electron chi connectivity index (χ4n) is 1.93. The lowest BCUT2D eigenvalue weighted by Gasteiger charge is -2.04. The van der Waals surface area contributed by atoms with Crippen LogP contribution in [0.1, 0.15) is 11.6 Å². The molecule has 0 aliphatic carbocycles. The maximum atomic E-state index is 5.81. The van der Waals surface area contributed by atoms with Gasteiger partial charge in [-0.15, -0.1) is 11.6 Å². The van der Waals surface area contributed by atoms with E-state index in [1.165, 1.54) is 0 Å². The average molecular weight is 263 g/mol. The van der Waals surface area contributed by atoms with Gasteiger partial charge in [0.05, 0.1) is 12.7 Å². The van der Waals surface area contributed by atoms with Crippen LogP contribution in [0.15, 0.2) is 35.1 Å². The zero-order valence-electron chi connectivity index (χ0n) is 9.58. The molecule has 0 aromatic carbocycles. The van der Waals surface area contributed by atoms with Crippen LogP contribution in [-0.2, 0) is 13.0 Å². The van der Waals surface area contributed by atoms with Crippen molar-refractivity contribution in [1.82, 2.24) is 19.7 Å². The van der Waals surface area contributed by atoms with Crippen molar-refractivity contribution >= 4 is 22.8 Å². The monoisotopic (exact) mass is 262 g/mol. The van der Waals surface area contributed by atoms with Gasteiger partial charge >= 0.3 is 0 Å². The lowest BCUT2D eigenvalue weighted by molar-refractivity contribution is 0.376. The van der Waals surface area contributed by atoms with Gasteiger partial charge in [0, 0.05) is 24.6 Å². The molecule has 0 bridgehead atoms. The van der Waals surface area contributed by atoms with E-state index in [0.717, 1.165) is 22.7 Å². The smallest absolute Gasteiger partial charge is 0.160 e. The molecule has 0 amide bonds. The van der Waals surface area contributed by atoms with E-state index in [-0.39, 0.29) is 0 Å². The van der Waals surface area contributed by atoms with Crippen LogP contribution in [0.5, 0.6) is 0 Å². The van der Waals surface area contributed by atoms with E-state index >= 15 is 0 Å². The van der Waals surface area contributed by atoms with Crippen LogP contribution in [0, 0.1) is 0 Å². The second-order valence-corrected chi connectivity index (χ2v) is 4.26. The van der Waals surface area contributed by atoms with E-state index in [4.69, 9.17) is 16.1 Å². The van der Waals surface area contributed by atoms with Crippen LogP contribution in [0.4, 0.5) is 0 Å². The largest absolute Gasteiger partial charge is 0.359 e. The highest BCUT2D eigenvalue weighted by Gasteiger charge is 2.12. The van der Waals surface area contributed by atoms with Gasteiger partial charge in [0.2, 0.25) is 0 Å². The van der Waals surface area contributed by atoms with Gasteiger partial charge in [-0.1, -0.05) is 5.16 Å². The zero-order chi connectivity index (χ0) is 12.4. The Kier molecular flexibility index (Phi) is 2.98. The molecule has 3 aromatic rings. The highest BCUT2D eigenvalue weighted by Crippen LogP contribution is 2.16. The summed E-state index contributed by atoms with van der Waals surface area (Å²) in [5.41, 5.74) is 1.71. The summed E-state index contributed by atoms with van der Waals surface area (Å²) in [6, 6.07) is 5.65. The minimum absolute atomic E-state index is 0.528. The van der Waals surface area contributed by atoms with Gasteiger partial charge in [0.25, 0.3) is 0 Å². The summed E-state index contributed by atoms with van der Waals surface area (Å²) < 4.78 is 7.14. The molecule has 0 atom stereocenters. The lowest BCUT2D eigenvalue weighted by Crippen LogP contribution is -2.06. The third-order valence-electron chi connectivity index (χ3n) is 2.71. The number of alkyl halides is 1. The van der Waals surface area contributed by atoms with E-state index in [1.54, 1.807) is 12.4 Å². The minimum Gasteiger partial charge on any atom is -0.359 e. The maximum absolute atomic E-state index is 5.81. The second-order valence-electron chi connectivity index (χ2n) is 3.88. The zero-order valence-corrected chi connectivity index (χ0v) is 10.3. The van der Waals surface area contributed by atoms with Crippen molar-refractivity contribution in [2.24, 2.45) is 0 Å². The number of imidazole rings is 1. The van der Waals surface area contributed by atoms with E-state index < -0.39 is 0 Å². The summed E-state index contributed by atoms with van der Waals surface area (Å²) in [6.45, 7) is 0.569. The Hall–Kier alpha value is -1.88. The Morgan fingerprint density at radius 1 is 1.28 bits per heavy atom. The Balaban J connectivity index is 2.09. The first-order chi connectivity index (χ1) is 8.88. The summed E-state index contributed by atoms with van der Waals surface area (Å²) in [4.78, 5) is 8.90. The first kappa shape index (κ1) is 11.2. The fraction of sp³-hybridized carbons (Fsp3) is 0.250. The molecule has 3 rings (SSSR count). The van der Waals surface area contributed by atoms with Crippen molar-refractivity contribution in [2.75, 3.05) is 5.88 Å². The van der Waals surface area contributed by atoms with Gasteiger partial charge in [0.1, 0.15) is 11.3 Å². The number of hydrogen-bond acceptors (Lipinski definition) is 4. The Bertz CT molecular complexity index is 647. The van der Waals surface area contributed by atoms with Gasteiger partial charge in [-0.25, -0.2) is 9.97 Å². The van der Waals surface area contributed by atoms with Crippen LogP contribution >= 0.6 is 11.6 Å². The molecule has 3 heterocycles. The molecule has 5 nitrogen and oxygen atoms in total. The van der Waals surface area contributed by atoms with Crippen LogP contribution in [0.2, 0.25) is 0 Å². The Morgan fingerprint density at radius 3 is 3.00 bits per heavy atom. The molecule has 0 unspecified atom stereocenters. The Morgan fingerprint density at radius 2 is 2.22 bits per heavy atom. The molecule has 18 heavy (non-hydrogen) atoms. The maximum Gasteiger partial charge on any atom is 0.160 e. The molecule has 0 aliphatic rings. The molecule has 0 fully saturated rings. The highest BCUT2D eigenvalue weighted by molar-refractivity contribution is 6.17. The third-order valence-corrected chi connectivity index (χ3v) is 2.90. The fourth-order valence-corrected chi connectivity index (χ4v) is 2.10. The van der Waals surface area contributed by atoms with Gasteiger partial charge in [-0.3, -0.25) is 0 Å². The normalized spacial score (nSPS) is 11.2. The van der Waals surface area contributed by atoms with E-state index in [2.05, 4.69) is 15.1 Å². The van der Waals surface area contributed by atoms with E-state index in [0.29, 0.717) is 18.8 Å². The highest BCUT2D eigenvalue weighted by atomic mass is 35.5. The first-order valence-electron chi connectivity index (χ1n) is 5.64. The molecular formula is C12H11ClN4O. The number of aromatic nitrogens is 4. The van der Waals surface area contributed by atoms with Gasteiger partial charge in [-0.05, 0) is 12.1 Å². The summed E-state index contributed by atoms with van der Waals surface area (Å²) >= 11 is 5.81. The Labute approximate surface area is 108 Å². The quantitative estimate of drug-likeness (QED) is 0.677. The van der Waals surface area contributed by atoms with Crippen molar-refractivity contribution < 1.29 is 4.52 Å². The van der Waals surface area contributed by atoms with Gasteiger partial charge in [0.15, 0.2) is 11.4 Å². The molecule has 0 N–H and O–H groups in total. The number of halogens is 1. The number of aryl methyl sites for hydroxylation is 1. The predicted molar refractivity (Wildman–Crippen MR) is 67.6 cm³/mol. The number of pyridine rings is 1. The molecule has 0 radical (unpaired) electrons. The van der Waals surface area contributed by atoms with Crippen molar-refractivity contribution in [3.63, 3.8) is 0 Å². The molecule has 0 spiro atoms. The molecule has 0 saturated heterocycles. The number of rotatable bonds is 4. The minimum atomic E-state index is 0.528. The molecular weight excluding hydrogens is 252 g/mol. The van der Waals surface area contributed by atoms with Crippen LogP contribution in [-0.4, -0.2) is 25.6 Å². The van der Waals surface area contributed by atoms with Crippen LogP contribution in [0.25, 0.3) is 11.2 Å². The topological polar surface area (TPSA) is 56.7 Å². The van der Waals surface area contributed by atoms with Crippen molar-refractivity contribution in [3.8, 4) is 0 Å². The second kappa shape index (κ2) is 4.78. The SMILES string of the molecule is ClCCc1nc2cccnc2n1Cc1ccno1. The molecule has 92 valence electrons. The van der Waals surface area contributed by atoms with Crippen LogP contribution in [0.3, 0.4) is 0 Å². The molecule has 0 aliphatic heterocycles. The number of fused-ring (bicyclic) bond motifs is 1. The first-order valence-corrected chi connectivity index (χ1v) is 6.17. The van der Waals surface area contributed by atoms with E-state index in [1.807, 2.05) is 22.8 Å². The van der Waals surface area contributed by atoms with Crippen LogP contribution < -0.4 is 0 Å². The average Bonchev–Trinajstić information content (AvgIpc) is 3.00. The van der Waals surface area contributed by atoms with Crippen molar-refractivity contribution in [1.29, 1.82) is 0 Å². The lowest BCUT2D eigenvalue weighted by atomic mass is 10.4. The standard InChI is InChI=1S/C12H11ClN4O/c13-5-3-11-16-10-2-1-6-14-12(10)17(11)8-9-4-7-15-18-9/h1-2,4,6-7H,3,5,8H2. The predicted octanol–water partition coefficient (Wildman–Crippen LogP) is 2.25.